The fraction of sp³-hybridized carbons (Fsp3) is 0.625. The lowest BCUT2D eigenvalue weighted by Crippen LogP contribution is -2.25. The fourth-order valence-corrected chi connectivity index (χ4v) is 3.29. The van der Waals surface area contributed by atoms with Crippen molar-refractivity contribution in [2.45, 2.75) is 44.9 Å². The third kappa shape index (κ3) is 3.14. The van der Waals surface area contributed by atoms with E-state index in [1.807, 2.05) is 7.05 Å². The summed E-state index contributed by atoms with van der Waals surface area (Å²) in [5.74, 6) is -0.378. The average molecular weight is 267 g/mol. The SMILES string of the molecule is CNCC1CCCCCC1c1c(F)ccc(C)c1F. The van der Waals surface area contributed by atoms with E-state index >= 15 is 0 Å². The number of rotatable bonds is 3. The largest absolute Gasteiger partial charge is 0.319 e. The Morgan fingerprint density at radius 1 is 1.16 bits per heavy atom. The van der Waals surface area contributed by atoms with Crippen molar-refractivity contribution in [3.05, 3.63) is 34.9 Å². The van der Waals surface area contributed by atoms with E-state index in [4.69, 9.17) is 0 Å². The van der Waals surface area contributed by atoms with Crippen LogP contribution in [0.2, 0.25) is 0 Å². The molecule has 2 atom stereocenters. The molecule has 0 bridgehead atoms. The smallest absolute Gasteiger partial charge is 0.132 e. The first-order valence-corrected chi connectivity index (χ1v) is 7.24. The van der Waals surface area contributed by atoms with Gasteiger partial charge in [0.1, 0.15) is 11.6 Å². The van der Waals surface area contributed by atoms with Crippen molar-refractivity contribution in [2.75, 3.05) is 13.6 Å². The van der Waals surface area contributed by atoms with Crippen LogP contribution in [0.3, 0.4) is 0 Å². The second-order valence-electron chi connectivity index (χ2n) is 5.65. The summed E-state index contributed by atoms with van der Waals surface area (Å²) in [7, 11) is 1.91. The van der Waals surface area contributed by atoms with E-state index in [1.165, 1.54) is 18.6 Å². The molecule has 2 unspecified atom stereocenters. The highest BCUT2D eigenvalue weighted by Crippen LogP contribution is 2.39. The maximum atomic E-state index is 14.3. The fourth-order valence-electron chi connectivity index (χ4n) is 3.29. The molecule has 3 heteroatoms. The van der Waals surface area contributed by atoms with Crippen LogP contribution in [0.1, 0.15) is 49.1 Å². The summed E-state index contributed by atoms with van der Waals surface area (Å²) in [6.07, 6.45) is 5.35. The van der Waals surface area contributed by atoms with E-state index in [1.54, 1.807) is 6.92 Å². The average Bonchev–Trinajstić information content (AvgIpc) is 2.61. The summed E-state index contributed by atoms with van der Waals surface area (Å²) < 4.78 is 28.4. The number of hydrogen-bond acceptors (Lipinski definition) is 1. The van der Waals surface area contributed by atoms with Gasteiger partial charge in [0.05, 0.1) is 0 Å². The predicted molar refractivity (Wildman–Crippen MR) is 74.3 cm³/mol. The highest BCUT2D eigenvalue weighted by Gasteiger charge is 2.29. The summed E-state index contributed by atoms with van der Waals surface area (Å²) >= 11 is 0. The normalized spacial score (nSPS) is 24.2. The molecule has 0 amide bonds. The molecule has 1 aromatic rings. The molecule has 106 valence electrons. The lowest BCUT2D eigenvalue weighted by atomic mass is 9.81. The van der Waals surface area contributed by atoms with Crippen molar-refractivity contribution >= 4 is 0 Å². The van der Waals surface area contributed by atoms with Gasteiger partial charge in [-0.25, -0.2) is 8.78 Å². The predicted octanol–water partition coefficient (Wildman–Crippen LogP) is 4.16. The summed E-state index contributed by atoms with van der Waals surface area (Å²) in [5, 5.41) is 3.17. The molecule has 1 aliphatic carbocycles. The lowest BCUT2D eigenvalue weighted by Gasteiger charge is -2.26. The highest BCUT2D eigenvalue weighted by molar-refractivity contribution is 5.30. The molecule has 0 radical (unpaired) electrons. The third-order valence-electron chi connectivity index (χ3n) is 4.32. The van der Waals surface area contributed by atoms with Gasteiger partial charge in [-0.1, -0.05) is 25.3 Å². The minimum atomic E-state index is -0.379. The van der Waals surface area contributed by atoms with Crippen molar-refractivity contribution in [3.8, 4) is 0 Å². The molecule has 1 fully saturated rings. The van der Waals surface area contributed by atoms with Crippen LogP contribution in [0, 0.1) is 24.5 Å². The van der Waals surface area contributed by atoms with Crippen LogP contribution in [0.4, 0.5) is 8.78 Å². The first-order valence-electron chi connectivity index (χ1n) is 7.24. The van der Waals surface area contributed by atoms with Gasteiger partial charge in [-0.05, 0) is 56.8 Å². The highest BCUT2D eigenvalue weighted by atomic mass is 19.1. The molecule has 1 saturated carbocycles. The van der Waals surface area contributed by atoms with Gasteiger partial charge in [0.25, 0.3) is 0 Å². The zero-order valence-electron chi connectivity index (χ0n) is 11.8. The molecule has 0 spiro atoms. The second-order valence-corrected chi connectivity index (χ2v) is 5.65. The Bertz CT molecular complexity index is 431. The van der Waals surface area contributed by atoms with Crippen LogP contribution in [-0.4, -0.2) is 13.6 Å². The number of halogens is 2. The molecule has 0 aliphatic heterocycles. The van der Waals surface area contributed by atoms with E-state index in [2.05, 4.69) is 5.32 Å². The molecule has 0 heterocycles. The molecular weight excluding hydrogens is 244 g/mol. The zero-order valence-corrected chi connectivity index (χ0v) is 11.8. The molecular formula is C16H23F2N. The summed E-state index contributed by atoms with van der Waals surface area (Å²) in [5.41, 5.74) is 0.867. The van der Waals surface area contributed by atoms with Crippen LogP contribution in [-0.2, 0) is 0 Å². The Labute approximate surface area is 114 Å². The minimum absolute atomic E-state index is 0.00912. The molecule has 1 aliphatic rings. The first-order chi connectivity index (χ1) is 9.15. The van der Waals surface area contributed by atoms with E-state index < -0.39 is 0 Å². The molecule has 19 heavy (non-hydrogen) atoms. The Morgan fingerprint density at radius 2 is 1.89 bits per heavy atom. The van der Waals surface area contributed by atoms with Gasteiger partial charge in [-0.15, -0.1) is 0 Å². The van der Waals surface area contributed by atoms with Crippen LogP contribution in [0.15, 0.2) is 12.1 Å². The maximum absolute atomic E-state index is 14.3. The summed E-state index contributed by atoms with van der Waals surface area (Å²) in [6, 6.07) is 2.94. The monoisotopic (exact) mass is 267 g/mol. The quantitative estimate of drug-likeness (QED) is 0.811. The van der Waals surface area contributed by atoms with Gasteiger partial charge >= 0.3 is 0 Å². The Morgan fingerprint density at radius 3 is 2.63 bits per heavy atom. The third-order valence-corrected chi connectivity index (χ3v) is 4.32. The van der Waals surface area contributed by atoms with Crippen LogP contribution in [0.5, 0.6) is 0 Å². The van der Waals surface area contributed by atoms with Gasteiger partial charge in [-0.3, -0.25) is 0 Å². The van der Waals surface area contributed by atoms with Crippen molar-refractivity contribution in [1.82, 2.24) is 5.32 Å². The van der Waals surface area contributed by atoms with Crippen molar-refractivity contribution in [1.29, 1.82) is 0 Å². The number of aryl methyl sites for hydroxylation is 1. The van der Waals surface area contributed by atoms with E-state index in [9.17, 15) is 8.78 Å². The van der Waals surface area contributed by atoms with E-state index in [0.29, 0.717) is 17.0 Å². The van der Waals surface area contributed by atoms with Gasteiger partial charge in [0.15, 0.2) is 0 Å². The molecule has 1 nitrogen and oxygen atoms in total. The molecule has 1 aromatic carbocycles. The summed E-state index contributed by atoms with van der Waals surface area (Å²) in [6.45, 7) is 2.54. The van der Waals surface area contributed by atoms with Gasteiger partial charge < -0.3 is 5.32 Å². The zero-order chi connectivity index (χ0) is 13.8. The Balaban J connectivity index is 2.38. The van der Waals surface area contributed by atoms with Crippen LogP contribution in [0.25, 0.3) is 0 Å². The van der Waals surface area contributed by atoms with E-state index in [0.717, 1.165) is 32.2 Å². The number of benzene rings is 1. The Kier molecular flexibility index (Phi) is 4.92. The molecule has 0 aromatic heterocycles. The van der Waals surface area contributed by atoms with Crippen molar-refractivity contribution in [3.63, 3.8) is 0 Å². The lowest BCUT2D eigenvalue weighted by molar-refractivity contribution is 0.364. The van der Waals surface area contributed by atoms with Crippen LogP contribution >= 0.6 is 0 Å². The molecule has 1 N–H and O–H groups in total. The first kappa shape index (κ1) is 14.4. The number of nitrogens with one attached hydrogen (secondary N) is 1. The standard InChI is InChI=1S/C16H23F2N/c1-11-8-9-14(17)15(16(11)18)13-7-5-3-4-6-12(13)10-19-2/h8-9,12-13,19H,3-7,10H2,1-2H3. The van der Waals surface area contributed by atoms with Gasteiger partial charge in [0, 0.05) is 5.56 Å². The molecule has 2 rings (SSSR count). The second kappa shape index (κ2) is 6.47. The van der Waals surface area contributed by atoms with Crippen molar-refractivity contribution in [2.24, 2.45) is 5.92 Å². The number of hydrogen-bond donors (Lipinski definition) is 1. The van der Waals surface area contributed by atoms with Gasteiger partial charge in [0.2, 0.25) is 0 Å². The van der Waals surface area contributed by atoms with E-state index in [-0.39, 0.29) is 17.6 Å². The maximum Gasteiger partial charge on any atom is 0.132 e. The van der Waals surface area contributed by atoms with Crippen LogP contribution < -0.4 is 5.32 Å². The Hall–Kier alpha value is -0.960. The van der Waals surface area contributed by atoms with Gasteiger partial charge in [-0.2, -0.15) is 0 Å². The van der Waals surface area contributed by atoms with Crippen molar-refractivity contribution < 1.29 is 8.78 Å². The molecule has 0 saturated heterocycles. The summed E-state index contributed by atoms with van der Waals surface area (Å²) in [4.78, 5) is 0. The topological polar surface area (TPSA) is 12.0 Å². The minimum Gasteiger partial charge on any atom is -0.319 e.